The minimum atomic E-state index is 0.862. The van der Waals surface area contributed by atoms with Crippen LogP contribution >= 0.6 is 23.1 Å². The van der Waals surface area contributed by atoms with Gasteiger partial charge < -0.3 is 5.32 Å². The molecule has 0 saturated heterocycles. The summed E-state index contributed by atoms with van der Waals surface area (Å²) in [6, 6.07) is 3.84. The van der Waals surface area contributed by atoms with Gasteiger partial charge in [0.25, 0.3) is 0 Å². The summed E-state index contributed by atoms with van der Waals surface area (Å²) in [7, 11) is 0. The zero-order chi connectivity index (χ0) is 7.52. The van der Waals surface area contributed by atoms with Crippen LogP contribution in [0.4, 0.5) is 11.6 Å². The summed E-state index contributed by atoms with van der Waals surface area (Å²) in [5.41, 5.74) is 0. The van der Waals surface area contributed by atoms with Gasteiger partial charge in [-0.3, -0.25) is 0 Å². The van der Waals surface area contributed by atoms with Gasteiger partial charge in [0, 0.05) is 10.8 Å². The molecular weight excluding hydrogens is 178 g/mol. The molecule has 2 rings (SSSR count). The molecule has 0 radical (unpaired) electrons. The predicted octanol–water partition coefficient (Wildman–Crippen LogP) is 2.34. The Morgan fingerprint density at radius 2 is 1.55 bits per heavy atom. The van der Waals surface area contributed by atoms with Crippen LogP contribution in [0.3, 0.4) is 0 Å². The third-order valence-electron chi connectivity index (χ3n) is 1.13. The molecule has 2 aromatic heterocycles. The molecule has 0 amide bonds. The van der Waals surface area contributed by atoms with Crippen molar-refractivity contribution >= 4 is 34.7 Å². The summed E-state index contributed by atoms with van der Waals surface area (Å²) in [6.45, 7) is 0. The summed E-state index contributed by atoms with van der Waals surface area (Å²) in [4.78, 5) is 0. The lowest BCUT2D eigenvalue weighted by molar-refractivity contribution is 1.42. The minimum absolute atomic E-state index is 0.862. The van der Waals surface area contributed by atoms with E-state index < -0.39 is 0 Å². The van der Waals surface area contributed by atoms with E-state index in [0.29, 0.717) is 0 Å². The first kappa shape index (κ1) is 6.75. The zero-order valence-corrected chi connectivity index (χ0v) is 7.15. The Hall–Kier alpha value is -0.940. The Kier molecular flexibility index (Phi) is 1.83. The van der Waals surface area contributed by atoms with Gasteiger partial charge in [0.05, 0.1) is 0 Å². The Morgan fingerprint density at radius 1 is 1.00 bits per heavy atom. The molecule has 0 fully saturated rings. The van der Waals surface area contributed by atoms with Crippen molar-refractivity contribution in [1.29, 1.82) is 0 Å². The van der Waals surface area contributed by atoms with E-state index >= 15 is 0 Å². The fourth-order valence-corrected chi connectivity index (χ4v) is 1.63. The normalized spacial score (nSPS) is 9.82. The number of hydrogen-bond donors (Lipinski definition) is 1. The molecule has 11 heavy (non-hydrogen) atoms. The Balaban J connectivity index is 2.14. The molecule has 3 nitrogen and oxygen atoms in total. The van der Waals surface area contributed by atoms with Crippen molar-refractivity contribution in [1.82, 2.24) is 8.75 Å². The van der Waals surface area contributed by atoms with Gasteiger partial charge in [0.1, 0.15) is 11.6 Å². The highest BCUT2D eigenvalue weighted by atomic mass is 32.1. The molecule has 2 heterocycles. The van der Waals surface area contributed by atoms with E-state index in [2.05, 4.69) is 14.1 Å². The molecule has 0 atom stereocenters. The Morgan fingerprint density at radius 3 is 1.91 bits per heavy atom. The second-order valence-electron chi connectivity index (χ2n) is 1.89. The summed E-state index contributed by atoms with van der Waals surface area (Å²) >= 11 is 2.85. The summed E-state index contributed by atoms with van der Waals surface area (Å²) in [5.74, 6) is 1.72. The van der Waals surface area contributed by atoms with Crippen LogP contribution in [0.25, 0.3) is 0 Å². The SMILES string of the molecule is c1cc(Nc2ccsn2)ns1. The number of aromatic nitrogens is 2. The first-order chi connectivity index (χ1) is 5.45. The standard InChI is InChI=1S/C6H5N3S2/c1-3-10-8-5(1)7-6-2-4-11-9-6/h1-4H,(H,7,8,9). The molecule has 0 saturated carbocycles. The van der Waals surface area contributed by atoms with Crippen LogP contribution in [0.2, 0.25) is 0 Å². The number of hydrogen-bond acceptors (Lipinski definition) is 5. The fourth-order valence-electron chi connectivity index (χ4n) is 0.685. The molecule has 0 aliphatic carbocycles. The number of nitrogens with one attached hydrogen (secondary N) is 1. The monoisotopic (exact) mass is 183 g/mol. The van der Waals surface area contributed by atoms with Crippen LogP contribution in [0.15, 0.2) is 22.9 Å². The van der Waals surface area contributed by atoms with E-state index in [-0.39, 0.29) is 0 Å². The lowest BCUT2D eigenvalue weighted by Crippen LogP contribution is -1.87. The molecule has 0 aliphatic heterocycles. The average Bonchev–Trinajstić information content (AvgIpc) is 2.60. The molecule has 56 valence electrons. The van der Waals surface area contributed by atoms with E-state index in [0.717, 1.165) is 11.6 Å². The summed E-state index contributed by atoms with van der Waals surface area (Å²) in [5, 5.41) is 6.91. The topological polar surface area (TPSA) is 37.8 Å². The highest BCUT2D eigenvalue weighted by Gasteiger charge is 1.95. The third-order valence-corrected chi connectivity index (χ3v) is 2.25. The molecule has 0 aliphatic rings. The van der Waals surface area contributed by atoms with Gasteiger partial charge in [-0.1, -0.05) is 0 Å². The summed E-state index contributed by atoms with van der Waals surface area (Å²) in [6.07, 6.45) is 0. The molecule has 5 heteroatoms. The van der Waals surface area contributed by atoms with E-state index in [1.54, 1.807) is 0 Å². The lowest BCUT2D eigenvalue weighted by Gasteiger charge is -1.93. The second-order valence-corrected chi connectivity index (χ2v) is 3.23. The maximum atomic E-state index is 4.09. The van der Waals surface area contributed by atoms with E-state index in [1.165, 1.54) is 23.1 Å². The van der Waals surface area contributed by atoms with E-state index in [9.17, 15) is 0 Å². The third kappa shape index (κ3) is 1.55. The highest BCUT2D eigenvalue weighted by molar-refractivity contribution is 7.04. The van der Waals surface area contributed by atoms with Gasteiger partial charge in [-0.2, -0.15) is 8.75 Å². The van der Waals surface area contributed by atoms with E-state index in [1.807, 2.05) is 22.9 Å². The van der Waals surface area contributed by atoms with Gasteiger partial charge in [-0.15, -0.1) is 0 Å². The zero-order valence-electron chi connectivity index (χ0n) is 5.52. The van der Waals surface area contributed by atoms with Gasteiger partial charge >= 0.3 is 0 Å². The van der Waals surface area contributed by atoms with Crippen LogP contribution in [-0.4, -0.2) is 8.75 Å². The molecule has 0 bridgehead atoms. The highest BCUT2D eigenvalue weighted by Crippen LogP contribution is 2.14. The van der Waals surface area contributed by atoms with Crippen LogP contribution in [0, 0.1) is 0 Å². The Bertz CT molecular complexity index is 268. The maximum Gasteiger partial charge on any atom is 0.145 e. The van der Waals surface area contributed by atoms with Crippen LogP contribution in [0.1, 0.15) is 0 Å². The largest absolute Gasteiger partial charge is 0.323 e. The Labute approximate surface area is 72.0 Å². The molecule has 2 aromatic rings. The van der Waals surface area contributed by atoms with Gasteiger partial charge in [-0.05, 0) is 35.2 Å². The lowest BCUT2D eigenvalue weighted by atomic mass is 10.6. The van der Waals surface area contributed by atoms with Crippen molar-refractivity contribution in [3.8, 4) is 0 Å². The average molecular weight is 183 g/mol. The molecule has 0 unspecified atom stereocenters. The van der Waals surface area contributed by atoms with Crippen molar-refractivity contribution in [2.45, 2.75) is 0 Å². The first-order valence-corrected chi connectivity index (χ1v) is 4.70. The first-order valence-electron chi connectivity index (χ1n) is 3.03. The van der Waals surface area contributed by atoms with Crippen molar-refractivity contribution in [2.75, 3.05) is 5.32 Å². The number of nitrogens with zero attached hydrogens (tertiary/aromatic N) is 2. The van der Waals surface area contributed by atoms with E-state index in [4.69, 9.17) is 0 Å². The fraction of sp³-hybridized carbons (Fsp3) is 0. The van der Waals surface area contributed by atoms with Crippen molar-refractivity contribution < 1.29 is 0 Å². The van der Waals surface area contributed by atoms with Crippen LogP contribution in [-0.2, 0) is 0 Å². The summed E-state index contributed by atoms with van der Waals surface area (Å²) < 4.78 is 8.17. The quantitative estimate of drug-likeness (QED) is 0.776. The van der Waals surface area contributed by atoms with Gasteiger partial charge in [0.15, 0.2) is 0 Å². The van der Waals surface area contributed by atoms with Crippen LogP contribution in [0.5, 0.6) is 0 Å². The molecule has 0 aromatic carbocycles. The molecular formula is C6H5N3S2. The minimum Gasteiger partial charge on any atom is -0.323 e. The molecule has 0 spiro atoms. The predicted molar refractivity (Wildman–Crippen MR) is 47.5 cm³/mol. The molecule has 1 N–H and O–H groups in total. The smallest absolute Gasteiger partial charge is 0.145 e. The maximum absolute atomic E-state index is 4.09. The number of anilines is 2. The second kappa shape index (κ2) is 2.98. The van der Waals surface area contributed by atoms with Crippen molar-refractivity contribution in [2.24, 2.45) is 0 Å². The van der Waals surface area contributed by atoms with Crippen molar-refractivity contribution in [3.05, 3.63) is 22.9 Å². The van der Waals surface area contributed by atoms with Crippen molar-refractivity contribution in [3.63, 3.8) is 0 Å². The van der Waals surface area contributed by atoms with Gasteiger partial charge in [0.2, 0.25) is 0 Å². The van der Waals surface area contributed by atoms with Crippen LogP contribution < -0.4 is 5.32 Å². The van der Waals surface area contributed by atoms with Gasteiger partial charge in [-0.25, -0.2) is 0 Å². The number of rotatable bonds is 2.